The lowest BCUT2D eigenvalue weighted by Gasteiger charge is -2.20. The van der Waals surface area contributed by atoms with Gasteiger partial charge in [-0.25, -0.2) is 0 Å². The van der Waals surface area contributed by atoms with Crippen LogP contribution >= 0.6 is 0 Å². The summed E-state index contributed by atoms with van der Waals surface area (Å²) in [5.41, 5.74) is 6.30. The van der Waals surface area contributed by atoms with Crippen LogP contribution in [0.4, 0.5) is 0 Å². The van der Waals surface area contributed by atoms with Gasteiger partial charge in [0.2, 0.25) is 0 Å². The summed E-state index contributed by atoms with van der Waals surface area (Å²) in [6.07, 6.45) is 0.896. The Kier molecular flexibility index (Phi) is 6.72. The van der Waals surface area contributed by atoms with E-state index in [-0.39, 0.29) is 17.2 Å². The highest BCUT2D eigenvalue weighted by Crippen LogP contribution is 2.40. The molecule has 6 nitrogen and oxygen atoms in total. The van der Waals surface area contributed by atoms with E-state index in [0.29, 0.717) is 35.7 Å². The van der Waals surface area contributed by atoms with Gasteiger partial charge in [-0.3, -0.25) is 0 Å². The van der Waals surface area contributed by atoms with Crippen LogP contribution in [0.25, 0.3) is 0 Å². The van der Waals surface area contributed by atoms with E-state index < -0.39 is 0 Å². The number of phenols is 3. The van der Waals surface area contributed by atoms with Gasteiger partial charge >= 0.3 is 0 Å². The fourth-order valence-corrected chi connectivity index (χ4v) is 3.99. The third-order valence-electron chi connectivity index (χ3n) is 5.94. The van der Waals surface area contributed by atoms with Gasteiger partial charge in [0.05, 0.1) is 21.3 Å². The first-order chi connectivity index (χ1) is 15.2. The van der Waals surface area contributed by atoms with E-state index in [0.717, 1.165) is 33.4 Å². The van der Waals surface area contributed by atoms with E-state index in [1.165, 1.54) is 21.3 Å². The summed E-state index contributed by atoms with van der Waals surface area (Å²) in [5, 5.41) is 31.6. The van der Waals surface area contributed by atoms with Gasteiger partial charge in [0.1, 0.15) is 0 Å². The molecule has 3 N–H and O–H groups in total. The number of phenolic OH excluding ortho intramolecular Hbond substituents is 3. The molecular weight excluding hydrogens is 408 g/mol. The molecule has 0 spiro atoms. The summed E-state index contributed by atoms with van der Waals surface area (Å²) in [7, 11) is 4.55. The molecule has 0 fully saturated rings. The molecule has 0 radical (unpaired) electrons. The maximum absolute atomic E-state index is 11.0. The quantitative estimate of drug-likeness (QED) is 0.484. The Morgan fingerprint density at radius 2 is 0.969 bits per heavy atom. The molecule has 0 atom stereocenters. The number of aryl methyl sites for hydroxylation is 3. The van der Waals surface area contributed by atoms with Gasteiger partial charge in [0.15, 0.2) is 34.5 Å². The fraction of sp³-hybridized carbons (Fsp3) is 0.308. The zero-order valence-corrected chi connectivity index (χ0v) is 19.4. The number of ether oxygens (including phenoxy) is 3. The third kappa shape index (κ3) is 4.40. The Morgan fingerprint density at radius 1 is 0.562 bits per heavy atom. The minimum absolute atomic E-state index is 0.0460. The van der Waals surface area contributed by atoms with Crippen LogP contribution in [0, 0.1) is 20.8 Å². The summed E-state index contributed by atoms with van der Waals surface area (Å²) in [6, 6.07) is 8.75. The summed E-state index contributed by atoms with van der Waals surface area (Å²) in [6.45, 7) is 5.87. The first-order valence-electron chi connectivity index (χ1n) is 10.3. The van der Waals surface area contributed by atoms with Crippen molar-refractivity contribution in [1.29, 1.82) is 0 Å². The van der Waals surface area contributed by atoms with E-state index in [2.05, 4.69) is 0 Å². The summed E-state index contributed by atoms with van der Waals surface area (Å²) >= 11 is 0. The molecule has 0 saturated carbocycles. The Hall–Kier alpha value is -3.54. The SMILES string of the molecule is COc1cc(C)c(Cc2c(C)cc(OC)c(O)c2Cc2cc(O)c(OC)cc2C)cc1O. The fourth-order valence-electron chi connectivity index (χ4n) is 3.99. The maximum atomic E-state index is 11.0. The first kappa shape index (κ1) is 23.1. The third-order valence-corrected chi connectivity index (χ3v) is 5.94. The molecule has 0 bridgehead atoms. The Labute approximate surface area is 188 Å². The topological polar surface area (TPSA) is 88.4 Å². The molecule has 6 heteroatoms. The standard InChI is InChI=1S/C26H30O6/c1-14-7-23(30-4)21(27)12-17(14)10-19-16(3)9-25(32-6)26(29)20(19)11-18-13-22(28)24(31-5)8-15(18)2/h7-9,12-13,27-29H,10-11H2,1-6H3. The van der Waals surface area contributed by atoms with Crippen molar-refractivity contribution in [2.45, 2.75) is 33.6 Å². The van der Waals surface area contributed by atoms with Crippen molar-refractivity contribution in [3.8, 4) is 34.5 Å². The van der Waals surface area contributed by atoms with E-state index in [1.54, 1.807) is 24.3 Å². The van der Waals surface area contributed by atoms with E-state index >= 15 is 0 Å². The lowest BCUT2D eigenvalue weighted by atomic mass is 9.88. The molecular formula is C26H30O6. The number of benzene rings is 3. The van der Waals surface area contributed by atoms with Crippen molar-refractivity contribution in [1.82, 2.24) is 0 Å². The first-order valence-corrected chi connectivity index (χ1v) is 10.3. The number of hydrogen-bond donors (Lipinski definition) is 3. The number of methoxy groups -OCH3 is 3. The predicted octanol–water partition coefficient (Wildman–Crippen LogP) is 4.94. The van der Waals surface area contributed by atoms with Gasteiger partial charge in [-0.15, -0.1) is 0 Å². The van der Waals surface area contributed by atoms with Crippen LogP contribution in [-0.4, -0.2) is 36.6 Å². The summed E-state index contributed by atoms with van der Waals surface area (Å²) < 4.78 is 15.8. The van der Waals surface area contributed by atoms with E-state index in [9.17, 15) is 15.3 Å². The maximum Gasteiger partial charge on any atom is 0.161 e. The van der Waals surface area contributed by atoms with Crippen LogP contribution in [0.1, 0.15) is 38.9 Å². The molecule has 0 aliphatic carbocycles. The van der Waals surface area contributed by atoms with Gasteiger partial charge in [-0.2, -0.15) is 0 Å². The van der Waals surface area contributed by atoms with Crippen LogP contribution in [0.15, 0.2) is 30.3 Å². The normalized spacial score (nSPS) is 10.8. The molecule has 32 heavy (non-hydrogen) atoms. The lowest BCUT2D eigenvalue weighted by molar-refractivity contribution is 0.369. The average Bonchev–Trinajstić information content (AvgIpc) is 2.76. The Balaban J connectivity index is 2.13. The van der Waals surface area contributed by atoms with Crippen molar-refractivity contribution in [2.75, 3.05) is 21.3 Å². The molecule has 0 aromatic heterocycles. The molecule has 3 aromatic carbocycles. The Bertz CT molecular complexity index is 1150. The minimum atomic E-state index is 0.0460. The molecule has 3 rings (SSSR count). The van der Waals surface area contributed by atoms with Crippen molar-refractivity contribution in [3.63, 3.8) is 0 Å². The molecule has 0 aliphatic heterocycles. The molecule has 170 valence electrons. The number of rotatable bonds is 7. The van der Waals surface area contributed by atoms with Gasteiger partial charge in [0, 0.05) is 12.0 Å². The van der Waals surface area contributed by atoms with Crippen LogP contribution in [0.3, 0.4) is 0 Å². The largest absolute Gasteiger partial charge is 0.504 e. The molecule has 0 amide bonds. The van der Waals surface area contributed by atoms with Crippen molar-refractivity contribution < 1.29 is 29.5 Å². The monoisotopic (exact) mass is 438 g/mol. The average molecular weight is 439 g/mol. The van der Waals surface area contributed by atoms with E-state index in [1.807, 2.05) is 26.8 Å². The highest BCUT2D eigenvalue weighted by Gasteiger charge is 2.20. The minimum Gasteiger partial charge on any atom is -0.504 e. The molecule has 0 heterocycles. The molecule has 0 aliphatic rings. The zero-order valence-electron chi connectivity index (χ0n) is 19.4. The van der Waals surface area contributed by atoms with Crippen LogP contribution < -0.4 is 14.2 Å². The highest BCUT2D eigenvalue weighted by molar-refractivity contribution is 5.58. The van der Waals surface area contributed by atoms with Gasteiger partial charge in [-0.1, -0.05) is 0 Å². The van der Waals surface area contributed by atoms with Crippen LogP contribution in [0.5, 0.6) is 34.5 Å². The summed E-state index contributed by atoms with van der Waals surface area (Å²) in [4.78, 5) is 0. The molecule has 0 saturated heterocycles. The van der Waals surface area contributed by atoms with Crippen molar-refractivity contribution in [2.24, 2.45) is 0 Å². The number of aromatic hydroxyl groups is 3. The van der Waals surface area contributed by atoms with Crippen LogP contribution in [0.2, 0.25) is 0 Å². The highest BCUT2D eigenvalue weighted by atomic mass is 16.5. The zero-order chi connectivity index (χ0) is 23.6. The second kappa shape index (κ2) is 9.30. The molecule has 0 unspecified atom stereocenters. The smallest absolute Gasteiger partial charge is 0.161 e. The van der Waals surface area contributed by atoms with Gasteiger partial charge < -0.3 is 29.5 Å². The molecule has 3 aromatic rings. The van der Waals surface area contributed by atoms with Crippen LogP contribution in [-0.2, 0) is 12.8 Å². The summed E-state index contributed by atoms with van der Waals surface area (Å²) in [5.74, 6) is 1.40. The predicted molar refractivity (Wildman–Crippen MR) is 124 cm³/mol. The lowest BCUT2D eigenvalue weighted by Crippen LogP contribution is -2.05. The van der Waals surface area contributed by atoms with Gasteiger partial charge in [0.25, 0.3) is 0 Å². The van der Waals surface area contributed by atoms with E-state index in [4.69, 9.17) is 14.2 Å². The second-order valence-electron chi connectivity index (χ2n) is 7.96. The Morgan fingerprint density at radius 3 is 1.41 bits per heavy atom. The second-order valence-corrected chi connectivity index (χ2v) is 7.96. The van der Waals surface area contributed by atoms with Crippen molar-refractivity contribution >= 4 is 0 Å². The van der Waals surface area contributed by atoms with Gasteiger partial charge in [-0.05, 0) is 90.9 Å². The number of hydrogen-bond acceptors (Lipinski definition) is 6. The van der Waals surface area contributed by atoms with Crippen molar-refractivity contribution in [3.05, 3.63) is 69.3 Å².